The average molecular weight is 412 g/mol. The largest absolute Gasteiger partial charge is 0.337 e. The third-order valence-electron chi connectivity index (χ3n) is 5.01. The van der Waals surface area contributed by atoms with Crippen LogP contribution in [-0.2, 0) is 16.0 Å². The van der Waals surface area contributed by atoms with Crippen LogP contribution in [0.1, 0.15) is 18.1 Å². The number of carbonyl (C=O) groups is 2. The number of para-hydroxylation sites is 1. The van der Waals surface area contributed by atoms with Crippen molar-refractivity contribution < 1.29 is 9.59 Å². The first kappa shape index (κ1) is 21.1. The molecule has 29 heavy (non-hydrogen) atoms. The van der Waals surface area contributed by atoms with Crippen molar-refractivity contribution in [3.8, 4) is 0 Å². The normalized spacial score (nSPS) is 14.9. The molecule has 0 radical (unpaired) electrons. The van der Waals surface area contributed by atoms with E-state index in [4.69, 9.17) is 11.6 Å². The van der Waals surface area contributed by atoms with E-state index < -0.39 is 0 Å². The second-order valence-corrected chi connectivity index (χ2v) is 7.47. The van der Waals surface area contributed by atoms with Crippen LogP contribution in [0.3, 0.4) is 0 Å². The number of halogens is 1. The van der Waals surface area contributed by atoms with Crippen LogP contribution in [0.25, 0.3) is 6.08 Å². The van der Waals surface area contributed by atoms with Crippen molar-refractivity contribution in [3.05, 3.63) is 70.8 Å². The van der Waals surface area contributed by atoms with Crippen molar-refractivity contribution in [3.63, 3.8) is 0 Å². The lowest BCUT2D eigenvalue weighted by Crippen LogP contribution is -2.50. The van der Waals surface area contributed by atoms with Crippen molar-refractivity contribution in [2.45, 2.75) is 13.3 Å². The Morgan fingerprint density at radius 3 is 2.38 bits per heavy atom. The van der Waals surface area contributed by atoms with Gasteiger partial charge in [-0.1, -0.05) is 54.9 Å². The van der Waals surface area contributed by atoms with Crippen LogP contribution in [-0.4, -0.2) is 54.3 Å². The second kappa shape index (κ2) is 10.2. The lowest BCUT2D eigenvalue weighted by atomic mass is 10.1. The first-order chi connectivity index (χ1) is 14.0. The van der Waals surface area contributed by atoms with Crippen LogP contribution in [0, 0.1) is 0 Å². The molecule has 0 spiro atoms. The number of piperazine rings is 1. The minimum Gasteiger partial charge on any atom is -0.337 e. The van der Waals surface area contributed by atoms with E-state index in [0.29, 0.717) is 36.9 Å². The molecule has 2 aromatic rings. The summed E-state index contributed by atoms with van der Waals surface area (Å²) in [4.78, 5) is 28.5. The molecule has 0 unspecified atom stereocenters. The maximum atomic E-state index is 12.4. The van der Waals surface area contributed by atoms with Crippen LogP contribution >= 0.6 is 11.6 Å². The summed E-state index contributed by atoms with van der Waals surface area (Å²) in [6.45, 7) is 4.96. The number of hydrogen-bond acceptors (Lipinski definition) is 3. The Bertz CT molecular complexity index is 872. The zero-order valence-electron chi connectivity index (χ0n) is 16.6. The minimum absolute atomic E-state index is 0.00439. The van der Waals surface area contributed by atoms with E-state index in [9.17, 15) is 9.59 Å². The summed E-state index contributed by atoms with van der Waals surface area (Å²) in [6, 6.07) is 15.4. The fourth-order valence-corrected chi connectivity index (χ4v) is 3.40. The molecule has 1 N–H and O–H groups in total. The SMILES string of the molecule is CCc1ccc(/C=C/C(=O)N2CCN(CC(=O)Nc3ccccc3Cl)CC2)cc1. The summed E-state index contributed by atoms with van der Waals surface area (Å²) < 4.78 is 0. The van der Waals surface area contributed by atoms with Crippen molar-refractivity contribution in [1.82, 2.24) is 9.80 Å². The van der Waals surface area contributed by atoms with Gasteiger partial charge in [0.25, 0.3) is 0 Å². The van der Waals surface area contributed by atoms with Crippen LogP contribution in [0.4, 0.5) is 5.69 Å². The predicted molar refractivity (Wildman–Crippen MR) is 118 cm³/mol. The lowest BCUT2D eigenvalue weighted by molar-refractivity contribution is -0.127. The first-order valence-corrected chi connectivity index (χ1v) is 10.3. The van der Waals surface area contributed by atoms with Crippen molar-refractivity contribution in [2.75, 3.05) is 38.0 Å². The van der Waals surface area contributed by atoms with Gasteiger partial charge in [0.1, 0.15) is 0 Å². The molecule has 2 amide bonds. The number of aryl methyl sites for hydroxylation is 1. The molecule has 0 aliphatic carbocycles. The summed E-state index contributed by atoms with van der Waals surface area (Å²) >= 11 is 6.08. The van der Waals surface area contributed by atoms with Gasteiger partial charge in [-0.05, 0) is 35.8 Å². The lowest BCUT2D eigenvalue weighted by Gasteiger charge is -2.33. The van der Waals surface area contributed by atoms with Gasteiger partial charge in [0.15, 0.2) is 0 Å². The fraction of sp³-hybridized carbons (Fsp3) is 0.304. The Hall–Kier alpha value is -2.63. The quantitative estimate of drug-likeness (QED) is 0.737. The highest BCUT2D eigenvalue weighted by Crippen LogP contribution is 2.20. The van der Waals surface area contributed by atoms with Crippen LogP contribution in [0.5, 0.6) is 0 Å². The van der Waals surface area contributed by atoms with Crippen molar-refractivity contribution in [1.29, 1.82) is 0 Å². The zero-order chi connectivity index (χ0) is 20.6. The molecular weight excluding hydrogens is 386 g/mol. The van der Waals surface area contributed by atoms with E-state index in [2.05, 4.69) is 24.4 Å². The van der Waals surface area contributed by atoms with Crippen LogP contribution in [0.2, 0.25) is 5.02 Å². The summed E-state index contributed by atoms with van der Waals surface area (Å²) in [7, 11) is 0. The average Bonchev–Trinajstić information content (AvgIpc) is 2.74. The standard InChI is InChI=1S/C23H26ClN3O2/c1-2-18-7-9-19(10-8-18)11-12-23(29)27-15-13-26(14-16-27)17-22(28)25-21-6-4-3-5-20(21)24/h3-12H,2,13-17H2,1H3,(H,25,28)/b12-11+. The van der Waals surface area contributed by atoms with E-state index in [1.54, 1.807) is 18.2 Å². The van der Waals surface area contributed by atoms with E-state index >= 15 is 0 Å². The molecule has 0 atom stereocenters. The molecule has 3 rings (SSSR count). The number of amides is 2. The summed E-state index contributed by atoms with van der Waals surface area (Å²) in [6.07, 6.45) is 4.48. The van der Waals surface area contributed by atoms with Crippen LogP contribution in [0.15, 0.2) is 54.6 Å². The number of nitrogens with one attached hydrogen (secondary N) is 1. The first-order valence-electron chi connectivity index (χ1n) is 9.88. The Balaban J connectivity index is 1.44. The smallest absolute Gasteiger partial charge is 0.246 e. The molecular formula is C23H26ClN3O2. The second-order valence-electron chi connectivity index (χ2n) is 7.06. The molecule has 6 heteroatoms. The number of benzene rings is 2. The predicted octanol–water partition coefficient (Wildman–Crippen LogP) is 3.70. The minimum atomic E-state index is -0.103. The van der Waals surface area contributed by atoms with Gasteiger partial charge >= 0.3 is 0 Å². The fourth-order valence-electron chi connectivity index (χ4n) is 3.22. The molecule has 5 nitrogen and oxygen atoms in total. The van der Waals surface area contributed by atoms with Gasteiger partial charge < -0.3 is 10.2 Å². The number of anilines is 1. The van der Waals surface area contributed by atoms with Crippen molar-refractivity contribution in [2.24, 2.45) is 0 Å². The van der Waals surface area contributed by atoms with Gasteiger partial charge in [0, 0.05) is 32.3 Å². The molecule has 1 saturated heterocycles. The zero-order valence-corrected chi connectivity index (χ0v) is 17.4. The molecule has 0 aromatic heterocycles. The summed E-state index contributed by atoms with van der Waals surface area (Å²) in [5, 5.41) is 3.35. The van der Waals surface area contributed by atoms with E-state index in [-0.39, 0.29) is 18.4 Å². The molecule has 1 aliphatic heterocycles. The molecule has 1 aliphatic rings. The molecule has 0 bridgehead atoms. The van der Waals surface area contributed by atoms with Gasteiger partial charge in [-0.25, -0.2) is 0 Å². The number of hydrogen-bond donors (Lipinski definition) is 1. The third-order valence-corrected chi connectivity index (χ3v) is 5.34. The highest BCUT2D eigenvalue weighted by molar-refractivity contribution is 6.33. The topological polar surface area (TPSA) is 52.7 Å². The number of rotatable bonds is 6. The molecule has 152 valence electrons. The Labute approximate surface area is 177 Å². The van der Waals surface area contributed by atoms with Crippen LogP contribution < -0.4 is 5.32 Å². The van der Waals surface area contributed by atoms with Gasteiger partial charge in [-0.2, -0.15) is 0 Å². The van der Waals surface area contributed by atoms with Gasteiger partial charge in [-0.15, -0.1) is 0 Å². The molecule has 1 fully saturated rings. The van der Waals surface area contributed by atoms with Gasteiger partial charge in [0.2, 0.25) is 11.8 Å². The third kappa shape index (κ3) is 6.17. The highest BCUT2D eigenvalue weighted by Gasteiger charge is 2.21. The highest BCUT2D eigenvalue weighted by atomic mass is 35.5. The summed E-state index contributed by atoms with van der Waals surface area (Å²) in [5.74, 6) is -0.0990. The molecule has 1 heterocycles. The Morgan fingerprint density at radius 2 is 1.72 bits per heavy atom. The van der Waals surface area contributed by atoms with Crippen molar-refractivity contribution >= 4 is 35.2 Å². The molecule has 2 aromatic carbocycles. The van der Waals surface area contributed by atoms with E-state index in [1.165, 1.54) is 5.56 Å². The Morgan fingerprint density at radius 1 is 1.03 bits per heavy atom. The van der Waals surface area contributed by atoms with E-state index in [0.717, 1.165) is 12.0 Å². The summed E-state index contributed by atoms with van der Waals surface area (Å²) in [5.41, 5.74) is 2.92. The van der Waals surface area contributed by atoms with E-state index in [1.807, 2.05) is 40.1 Å². The number of nitrogens with zero attached hydrogens (tertiary/aromatic N) is 2. The number of carbonyl (C=O) groups excluding carboxylic acids is 2. The maximum absolute atomic E-state index is 12.4. The van der Waals surface area contributed by atoms with Gasteiger partial charge in [-0.3, -0.25) is 14.5 Å². The maximum Gasteiger partial charge on any atom is 0.246 e. The monoisotopic (exact) mass is 411 g/mol. The molecule has 0 saturated carbocycles. The Kier molecular flexibility index (Phi) is 7.44. The van der Waals surface area contributed by atoms with Gasteiger partial charge in [0.05, 0.1) is 17.3 Å².